The van der Waals surface area contributed by atoms with Crippen molar-refractivity contribution < 1.29 is 9.84 Å². The molecule has 0 spiro atoms. The highest BCUT2D eigenvalue weighted by Crippen LogP contribution is 2.22. The topological polar surface area (TPSA) is 128 Å². The zero-order valence-electron chi connectivity index (χ0n) is 16.5. The number of anilines is 2. The highest BCUT2D eigenvalue weighted by molar-refractivity contribution is 5.50. The van der Waals surface area contributed by atoms with E-state index in [4.69, 9.17) is 10.5 Å². The molecule has 3 aromatic rings. The number of nitrogens with two attached hydrogens (primary N) is 1. The van der Waals surface area contributed by atoms with E-state index < -0.39 is 6.23 Å². The van der Waals surface area contributed by atoms with Gasteiger partial charge in [0.1, 0.15) is 0 Å². The minimum absolute atomic E-state index is 0.106. The molecule has 1 aliphatic carbocycles. The van der Waals surface area contributed by atoms with E-state index >= 15 is 0 Å². The van der Waals surface area contributed by atoms with Gasteiger partial charge in [-0.15, -0.1) is 5.10 Å². The molecule has 29 heavy (non-hydrogen) atoms. The maximum Gasteiger partial charge on any atom is 0.241 e. The minimum atomic E-state index is -0.947. The number of rotatable bonds is 8. The lowest BCUT2D eigenvalue weighted by molar-refractivity contribution is 0.183. The second kappa shape index (κ2) is 8.76. The Morgan fingerprint density at radius 2 is 2.17 bits per heavy atom. The minimum Gasteiger partial charge on any atom is -0.383 e. The summed E-state index contributed by atoms with van der Waals surface area (Å²) in [7, 11) is 1.65. The van der Waals surface area contributed by atoms with E-state index in [1.165, 1.54) is 6.42 Å². The summed E-state index contributed by atoms with van der Waals surface area (Å²) in [5.74, 6) is 0.511. The lowest BCUT2D eigenvalue weighted by Gasteiger charge is -2.29. The molecule has 0 saturated heterocycles. The van der Waals surface area contributed by atoms with Gasteiger partial charge in [-0.2, -0.15) is 5.10 Å². The molecule has 0 bridgehead atoms. The third-order valence-corrected chi connectivity index (χ3v) is 5.30. The van der Waals surface area contributed by atoms with E-state index in [-0.39, 0.29) is 12.1 Å². The van der Waals surface area contributed by atoms with Crippen molar-refractivity contribution in [2.45, 2.75) is 50.5 Å². The fourth-order valence-corrected chi connectivity index (χ4v) is 3.68. The molecule has 5 N–H and O–H groups in total. The first kappa shape index (κ1) is 19.6. The molecule has 3 aromatic heterocycles. The van der Waals surface area contributed by atoms with E-state index in [1.54, 1.807) is 28.7 Å². The first-order valence-corrected chi connectivity index (χ1v) is 9.97. The predicted octanol–water partition coefficient (Wildman–Crippen LogP) is 1.36. The van der Waals surface area contributed by atoms with Crippen LogP contribution in [-0.4, -0.2) is 55.3 Å². The van der Waals surface area contributed by atoms with Gasteiger partial charge < -0.3 is 26.2 Å². The van der Waals surface area contributed by atoms with Crippen LogP contribution in [0.4, 0.5) is 11.6 Å². The largest absolute Gasteiger partial charge is 0.383 e. The second-order valence-electron chi connectivity index (χ2n) is 7.41. The van der Waals surface area contributed by atoms with E-state index in [1.807, 2.05) is 18.3 Å². The molecular formula is C19H28N8O2. The number of methoxy groups -OCH3 is 1. The third kappa shape index (κ3) is 4.50. The van der Waals surface area contributed by atoms with Crippen LogP contribution in [0.2, 0.25) is 0 Å². The second-order valence-corrected chi connectivity index (χ2v) is 7.41. The fourth-order valence-electron chi connectivity index (χ4n) is 3.68. The molecule has 0 radical (unpaired) electrons. The first-order valence-electron chi connectivity index (χ1n) is 9.97. The van der Waals surface area contributed by atoms with Crippen molar-refractivity contribution in [2.75, 3.05) is 24.4 Å². The van der Waals surface area contributed by atoms with E-state index in [9.17, 15) is 5.11 Å². The number of nitrogens with one attached hydrogen (secondary N) is 2. The number of fused-ring (bicyclic) bond motifs is 1. The van der Waals surface area contributed by atoms with Crippen LogP contribution in [-0.2, 0) is 11.3 Å². The standard InChI is InChI=1S/C19H28N8O2/c1-29-9-8-26-12-13(10-22-26)23-18(28)17-7-6-14-11-21-19(25-27(14)17)24-16-5-3-2-4-15(16)20/h6-7,10-12,15-16,18,23,28H,2-5,8-9,20H2,1H3,(H,24,25)/t15-,16+,18?/m0/s1. The molecule has 10 nitrogen and oxygen atoms in total. The Morgan fingerprint density at radius 3 is 3.00 bits per heavy atom. The fraction of sp³-hybridized carbons (Fsp3) is 0.526. The Hall–Kier alpha value is -2.69. The van der Waals surface area contributed by atoms with Gasteiger partial charge in [-0.3, -0.25) is 4.68 Å². The predicted molar refractivity (Wildman–Crippen MR) is 110 cm³/mol. The average Bonchev–Trinajstić information content (AvgIpc) is 3.34. The van der Waals surface area contributed by atoms with Crippen molar-refractivity contribution in [3.63, 3.8) is 0 Å². The Bertz CT molecular complexity index is 939. The normalized spacial score (nSPS) is 20.7. The van der Waals surface area contributed by atoms with Gasteiger partial charge >= 0.3 is 0 Å². The number of hydrogen-bond acceptors (Lipinski definition) is 8. The molecule has 3 heterocycles. The summed E-state index contributed by atoms with van der Waals surface area (Å²) in [5.41, 5.74) is 8.35. The zero-order chi connectivity index (χ0) is 20.2. The maximum absolute atomic E-state index is 10.7. The zero-order valence-corrected chi connectivity index (χ0v) is 16.5. The van der Waals surface area contributed by atoms with Gasteiger partial charge in [0.25, 0.3) is 0 Å². The van der Waals surface area contributed by atoms with Crippen molar-refractivity contribution in [3.05, 3.63) is 36.4 Å². The summed E-state index contributed by atoms with van der Waals surface area (Å²) >= 11 is 0. The summed E-state index contributed by atoms with van der Waals surface area (Å²) in [6.07, 6.45) is 8.63. The van der Waals surface area contributed by atoms with Gasteiger partial charge in [0.2, 0.25) is 5.95 Å². The molecule has 10 heteroatoms. The van der Waals surface area contributed by atoms with Gasteiger partial charge in [-0.25, -0.2) is 9.50 Å². The molecule has 0 aliphatic heterocycles. The van der Waals surface area contributed by atoms with Gasteiger partial charge in [-0.05, 0) is 25.0 Å². The molecule has 0 aromatic carbocycles. The number of ether oxygens (including phenoxy) is 1. The Labute approximate surface area is 169 Å². The van der Waals surface area contributed by atoms with Crippen molar-refractivity contribution in [2.24, 2.45) is 5.73 Å². The summed E-state index contributed by atoms with van der Waals surface area (Å²) < 4.78 is 8.50. The molecule has 156 valence electrons. The number of aromatic nitrogens is 5. The van der Waals surface area contributed by atoms with Crippen LogP contribution in [0, 0.1) is 0 Å². The molecule has 3 atom stereocenters. The van der Waals surface area contributed by atoms with Crippen molar-refractivity contribution >= 4 is 17.2 Å². The highest BCUT2D eigenvalue weighted by atomic mass is 16.5. The molecular weight excluding hydrogens is 372 g/mol. The van der Waals surface area contributed by atoms with Crippen LogP contribution in [0.3, 0.4) is 0 Å². The van der Waals surface area contributed by atoms with Crippen LogP contribution in [0.25, 0.3) is 5.52 Å². The van der Waals surface area contributed by atoms with Crippen molar-refractivity contribution in [1.29, 1.82) is 0 Å². The number of aliphatic hydroxyl groups excluding tert-OH is 1. The Kier molecular flexibility index (Phi) is 5.93. The summed E-state index contributed by atoms with van der Waals surface area (Å²) in [6.45, 7) is 1.22. The summed E-state index contributed by atoms with van der Waals surface area (Å²) in [6, 6.07) is 3.97. The van der Waals surface area contributed by atoms with E-state index in [0.717, 1.165) is 24.8 Å². The molecule has 1 unspecified atom stereocenters. The number of hydrogen-bond donors (Lipinski definition) is 4. The van der Waals surface area contributed by atoms with E-state index in [0.29, 0.717) is 30.5 Å². The van der Waals surface area contributed by atoms with Gasteiger partial charge in [0, 0.05) is 25.4 Å². The maximum atomic E-state index is 10.7. The molecule has 0 amide bonds. The summed E-state index contributed by atoms with van der Waals surface area (Å²) in [4.78, 5) is 4.40. The SMILES string of the molecule is COCCn1cc(NC(O)c2ccc3cnc(N[C@@H]4CCCC[C@@H]4N)nn23)cn1. The van der Waals surface area contributed by atoms with Crippen LogP contribution in [0.15, 0.2) is 30.7 Å². The molecule has 1 fully saturated rings. The lowest BCUT2D eigenvalue weighted by atomic mass is 9.91. The quantitative estimate of drug-likeness (QED) is 0.417. The monoisotopic (exact) mass is 400 g/mol. The third-order valence-electron chi connectivity index (χ3n) is 5.30. The van der Waals surface area contributed by atoms with Crippen LogP contribution in [0.5, 0.6) is 0 Å². The number of nitrogens with zero attached hydrogens (tertiary/aromatic N) is 5. The van der Waals surface area contributed by atoms with Gasteiger partial charge in [-0.1, -0.05) is 12.8 Å². The number of aliphatic hydroxyl groups is 1. The Balaban J connectivity index is 1.48. The van der Waals surface area contributed by atoms with Crippen molar-refractivity contribution in [1.82, 2.24) is 24.4 Å². The van der Waals surface area contributed by atoms with Crippen LogP contribution >= 0.6 is 0 Å². The van der Waals surface area contributed by atoms with Gasteiger partial charge in [0.15, 0.2) is 6.23 Å². The van der Waals surface area contributed by atoms with Crippen LogP contribution < -0.4 is 16.4 Å². The smallest absolute Gasteiger partial charge is 0.241 e. The first-order chi connectivity index (χ1) is 14.1. The van der Waals surface area contributed by atoms with E-state index in [2.05, 4.69) is 25.8 Å². The molecule has 4 rings (SSSR count). The molecule has 1 aliphatic rings. The Morgan fingerprint density at radius 1 is 1.31 bits per heavy atom. The van der Waals surface area contributed by atoms with Gasteiger partial charge in [0.05, 0.1) is 42.4 Å². The summed E-state index contributed by atoms with van der Waals surface area (Å²) in [5, 5.41) is 25.9. The van der Waals surface area contributed by atoms with Crippen LogP contribution in [0.1, 0.15) is 37.6 Å². The lowest BCUT2D eigenvalue weighted by Crippen LogP contribution is -2.43. The molecule has 1 saturated carbocycles. The van der Waals surface area contributed by atoms with Crippen molar-refractivity contribution in [3.8, 4) is 0 Å². The average molecular weight is 400 g/mol. The highest BCUT2D eigenvalue weighted by Gasteiger charge is 2.23.